The molecule has 80 valence electrons. The molecule has 1 heteroatoms. The quantitative estimate of drug-likeness (QED) is 0.572. The molecule has 0 aromatic carbocycles. The van der Waals surface area contributed by atoms with Crippen LogP contribution in [-0.2, 0) is 0 Å². The van der Waals surface area contributed by atoms with Crippen molar-refractivity contribution < 1.29 is 5.11 Å². The van der Waals surface area contributed by atoms with Crippen molar-refractivity contribution in [2.45, 2.75) is 71.8 Å². The maximum absolute atomic E-state index is 9.03. The van der Waals surface area contributed by atoms with Crippen LogP contribution in [0.1, 0.15) is 65.7 Å². The monoisotopic (exact) mass is 186 g/mol. The van der Waals surface area contributed by atoms with E-state index >= 15 is 0 Å². The van der Waals surface area contributed by atoms with Crippen LogP contribution in [0.2, 0.25) is 0 Å². The summed E-state index contributed by atoms with van der Waals surface area (Å²) in [6.45, 7) is 6.44. The van der Waals surface area contributed by atoms with Gasteiger partial charge in [-0.05, 0) is 19.3 Å². The van der Waals surface area contributed by atoms with E-state index < -0.39 is 0 Å². The normalized spacial score (nSPS) is 13.6. The van der Waals surface area contributed by atoms with E-state index in [1.165, 1.54) is 38.5 Å². The summed E-state index contributed by atoms with van der Waals surface area (Å²) in [6, 6.07) is 0. The van der Waals surface area contributed by atoms with Crippen LogP contribution >= 0.6 is 0 Å². The Morgan fingerprint density at radius 1 is 0.769 bits per heavy atom. The molecule has 0 amide bonds. The van der Waals surface area contributed by atoms with Crippen LogP contribution in [-0.4, -0.2) is 11.2 Å². The number of aliphatic hydroxyl groups excluding tert-OH is 1. The van der Waals surface area contributed by atoms with Crippen LogP contribution in [0.4, 0.5) is 0 Å². The first-order valence-corrected chi connectivity index (χ1v) is 5.81. The van der Waals surface area contributed by atoms with Gasteiger partial charge in [0.2, 0.25) is 0 Å². The van der Waals surface area contributed by atoms with Crippen molar-refractivity contribution in [1.82, 2.24) is 0 Å². The fraction of sp³-hybridized carbons (Fsp3) is 1.00. The van der Waals surface area contributed by atoms with Gasteiger partial charge < -0.3 is 5.11 Å². The van der Waals surface area contributed by atoms with E-state index in [1.54, 1.807) is 0 Å². The predicted octanol–water partition coefficient (Wildman–Crippen LogP) is 3.75. The molecule has 0 spiro atoms. The number of aliphatic hydroxyl groups is 1. The third kappa shape index (κ3) is 12.0. The van der Waals surface area contributed by atoms with E-state index in [9.17, 15) is 0 Å². The van der Waals surface area contributed by atoms with E-state index in [0.717, 1.165) is 12.3 Å². The highest BCUT2D eigenvalue weighted by atomic mass is 16.3. The van der Waals surface area contributed by atoms with Crippen LogP contribution in [0.3, 0.4) is 0 Å². The number of hydrogen-bond acceptors (Lipinski definition) is 1. The Labute approximate surface area is 83.5 Å². The molecular weight excluding hydrogens is 160 g/mol. The standard InChI is InChI=1S/C12H26O/c1-11(2)9-7-5-4-6-8-10-12(3)13/h11-13H,4-10H2,1-3H3. The van der Waals surface area contributed by atoms with Gasteiger partial charge in [0.05, 0.1) is 6.10 Å². The molecule has 0 aliphatic rings. The predicted molar refractivity (Wildman–Crippen MR) is 58.8 cm³/mol. The average molecular weight is 186 g/mol. The van der Waals surface area contributed by atoms with Crippen LogP contribution in [0, 0.1) is 5.92 Å². The van der Waals surface area contributed by atoms with Gasteiger partial charge in [0.25, 0.3) is 0 Å². The second-order valence-corrected chi connectivity index (χ2v) is 4.59. The molecule has 1 nitrogen and oxygen atoms in total. The Morgan fingerprint density at radius 2 is 1.23 bits per heavy atom. The molecule has 0 aromatic heterocycles. The molecule has 0 aliphatic carbocycles. The second-order valence-electron chi connectivity index (χ2n) is 4.59. The molecule has 0 radical (unpaired) electrons. The van der Waals surface area contributed by atoms with Crippen molar-refractivity contribution in [2.24, 2.45) is 5.92 Å². The van der Waals surface area contributed by atoms with Gasteiger partial charge >= 0.3 is 0 Å². The Balaban J connectivity index is 2.92. The van der Waals surface area contributed by atoms with Crippen molar-refractivity contribution in [1.29, 1.82) is 0 Å². The summed E-state index contributed by atoms with van der Waals surface area (Å²) >= 11 is 0. The van der Waals surface area contributed by atoms with E-state index in [2.05, 4.69) is 13.8 Å². The minimum atomic E-state index is -0.101. The maximum Gasteiger partial charge on any atom is 0.0512 e. The van der Waals surface area contributed by atoms with E-state index in [1.807, 2.05) is 6.92 Å². The SMILES string of the molecule is CC(C)CCCCCCCC(C)O. The van der Waals surface area contributed by atoms with Gasteiger partial charge in [-0.3, -0.25) is 0 Å². The zero-order valence-corrected chi connectivity index (χ0v) is 9.55. The van der Waals surface area contributed by atoms with Gasteiger partial charge in [0.15, 0.2) is 0 Å². The van der Waals surface area contributed by atoms with Gasteiger partial charge in [-0.15, -0.1) is 0 Å². The van der Waals surface area contributed by atoms with Gasteiger partial charge in [-0.2, -0.15) is 0 Å². The minimum Gasteiger partial charge on any atom is -0.393 e. The molecule has 1 N–H and O–H groups in total. The average Bonchev–Trinajstić information content (AvgIpc) is 2.01. The molecule has 0 bridgehead atoms. The molecule has 0 aromatic rings. The van der Waals surface area contributed by atoms with Crippen molar-refractivity contribution in [3.8, 4) is 0 Å². The van der Waals surface area contributed by atoms with Gasteiger partial charge in [0, 0.05) is 0 Å². The Morgan fingerprint density at radius 3 is 1.69 bits per heavy atom. The first kappa shape index (κ1) is 13.0. The smallest absolute Gasteiger partial charge is 0.0512 e. The highest BCUT2D eigenvalue weighted by Gasteiger charge is 1.96. The van der Waals surface area contributed by atoms with Crippen molar-refractivity contribution >= 4 is 0 Å². The highest BCUT2D eigenvalue weighted by molar-refractivity contribution is 4.51. The zero-order chi connectivity index (χ0) is 10.1. The highest BCUT2D eigenvalue weighted by Crippen LogP contribution is 2.11. The number of unbranched alkanes of at least 4 members (excludes halogenated alkanes) is 4. The van der Waals surface area contributed by atoms with Crippen molar-refractivity contribution in [3.05, 3.63) is 0 Å². The molecule has 0 fully saturated rings. The molecule has 0 aliphatic heterocycles. The fourth-order valence-electron chi connectivity index (χ4n) is 1.52. The van der Waals surface area contributed by atoms with Gasteiger partial charge in [-0.25, -0.2) is 0 Å². The summed E-state index contributed by atoms with van der Waals surface area (Å²) in [5, 5.41) is 9.03. The van der Waals surface area contributed by atoms with Crippen molar-refractivity contribution in [2.75, 3.05) is 0 Å². The fourth-order valence-corrected chi connectivity index (χ4v) is 1.52. The largest absolute Gasteiger partial charge is 0.393 e. The Hall–Kier alpha value is -0.0400. The summed E-state index contributed by atoms with van der Waals surface area (Å²) in [5.74, 6) is 0.859. The van der Waals surface area contributed by atoms with Crippen LogP contribution < -0.4 is 0 Å². The first-order chi connectivity index (χ1) is 6.13. The lowest BCUT2D eigenvalue weighted by Gasteiger charge is -2.05. The molecule has 0 rings (SSSR count). The molecule has 0 heterocycles. The third-order valence-electron chi connectivity index (χ3n) is 2.40. The second kappa shape index (κ2) is 8.55. The van der Waals surface area contributed by atoms with Crippen LogP contribution in [0.25, 0.3) is 0 Å². The topological polar surface area (TPSA) is 20.2 Å². The van der Waals surface area contributed by atoms with E-state index in [0.29, 0.717) is 0 Å². The number of rotatable bonds is 8. The molecular formula is C12H26O. The lowest BCUT2D eigenvalue weighted by molar-refractivity contribution is 0.180. The van der Waals surface area contributed by atoms with Gasteiger partial charge in [0.1, 0.15) is 0 Å². The molecule has 1 unspecified atom stereocenters. The van der Waals surface area contributed by atoms with Crippen LogP contribution in [0.15, 0.2) is 0 Å². The molecule has 1 atom stereocenters. The molecule has 13 heavy (non-hydrogen) atoms. The molecule has 0 saturated carbocycles. The first-order valence-electron chi connectivity index (χ1n) is 5.81. The lowest BCUT2D eigenvalue weighted by Crippen LogP contribution is -1.98. The summed E-state index contributed by atoms with van der Waals surface area (Å²) in [7, 11) is 0. The summed E-state index contributed by atoms with van der Waals surface area (Å²) in [5.41, 5.74) is 0. The maximum atomic E-state index is 9.03. The van der Waals surface area contributed by atoms with Gasteiger partial charge in [-0.1, -0.05) is 52.4 Å². The van der Waals surface area contributed by atoms with Crippen molar-refractivity contribution in [3.63, 3.8) is 0 Å². The molecule has 0 saturated heterocycles. The number of hydrogen-bond donors (Lipinski definition) is 1. The Kier molecular flexibility index (Phi) is 8.53. The Bertz CT molecular complexity index is 85.3. The van der Waals surface area contributed by atoms with E-state index in [4.69, 9.17) is 5.11 Å². The summed E-state index contributed by atoms with van der Waals surface area (Å²) < 4.78 is 0. The summed E-state index contributed by atoms with van der Waals surface area (Å²) in [4.78, 5) is 0. The third-order valence-corrected chi connectivity index (χ3v) is 2.40. The zero-order valence-electron chi connectivity index (χ0n) is 9.55. The summed E-state index contributed by atoms with van der Waals surface area (Å²) in [6.07, 6.45) is 8.84. The van der Waals surface area contributed by atoms with Crippen LogP contribution in [0.5, 0.6) is 0 Å². The van der Waals surface area contributed by atoms with E-state index in [-0.39, 0.29) is 6.10 Å². The lowest BCUT2D eigenvalue weighted by atomic mass is 10.0. The minimum absolute atomic E-state index is 0.101.